The third-order valence-electron chi connectivity index (χ3n) is 3.97. The Morgan fingerprint density at radius 2 is 1.81 bits per heavy atom. The van der Waals surface area contributed by atoms with Gasteiger partial charge in [-0.3, -0.25) is 0 Å². The van der Waals surface area contributed by atoms with Gasteiger partial charge in [-0.15, -0.1) is 5.10 Å². The number of anilines is 1. The molecule has 0 atom stereocenters. The number of nitrogens with two attached hydrogens (primary N) is 1. The zero-order valence-electron chi connectivity index (χ0n) is 13.1. The van der Waals surface area contributed by atoms with Crippen LogP contribution in [0.15, 0.2) is 0 Å². The number of hydrogen-bond acceptors (Lipinski definition) is 6. The molecule has 0 aromatic carbocycles. The number of aromatic nitrogens is 3. The van der Waals surface area contributed by atoms with E-state index < -0.39 is 0 Å². The summed E-state index contributed by atoms with van der Waals surface area (Å²) in [5.41, 5.74) is 7.90. The first kappa shape index (κ1) is 16.1. The van der Waals surface area contributed by atoms with Crippen LogP contribution in [0.3, 0.4) is 0 Å². The van der Waals surface area contributed by atoms with Gasteiger partial charge in [0, 0.05) is 12.6 Å². The minimum atomic E-state index is 0.360. The van der Waals surface area contributed by atoms with Crippen LogP contribution in [-0.2, 0) is 17.6 Å². The van der Waals surface area contributed by atoms with Gasteiger partial charge >= 0.3 is 0 Å². The number of ether oxygens (including phenoxy) is 1. The molecular formula is C15H27N5O. The molecule has 0 spiro atoms. The van der Waals surface area contributed by atoms with Crippen molar-refractivity contribution in [2.45, 2.75) is 64.5 Å². The lowest BCUT2D eigenvalue weighted by atomic mass is 9.94. The predicted octanol–water partition coefficient (Wildman–Crippen LogP) is 1.69. The Labute approximate surface area is 126 Å². The summed E-state index contributed by atoms with van der Waals surface area (Å²) in [4.78, 5) is 4.50. The third-order valence-corrected chi connectivity index (χ3v) is 3.97. The lowest BCUT2D eigenvalue weighted by molar-refractivity contribution is 0.0312. The number of aryl methyl sites for hydroxylation is 2. The summed E-state index contributed by atoms with van der Waals surface area (Å²) in [5.74, 6) is 0.596. The monoisotopic (exact) mass is 293 g/mol. The van der Waals surface area contributed by atoms with Crippen LogP contribution in [-0.4, -0.2) is 40.5 Å². The topological polar surface area (TPSA) is 86.0 Å². The summed E-state index contributed by atoms with van der Waals surface area (Å²) >= 11 is 0. The maximum absolute atomic E-state index is 5.89. The first-order valence-electron chi connectivity index (χ1n) is 8.06. The molecule has 0 radical (unpaired) electrons. The molecule has 6 nitrogen and oxygen atoms in total. The van der Waals surface area contributed by atoms with Gasteiger partial charge in [0.25, 0.3) is 0 Å². The van der Waals surface area contributed by atoms with E-state index >= 15 is 0 Å². The van der Waals surface area contributed by atoms with E-state index in [0.717, 1.165) is 49.9 Å². The number of hydrogen-bond donors (Lipinski definition) is 2. The van der Waals surface area contributed by atoms with Crippen molar-refractivity contribution in [1.29, 1.82) is 0 Å². The average molecular weight is 293 g/mol. The average Bonchev–Trinajstić information content (AvgIpc) is 2.53. The molecular weight excluding hydrogens is 266 g/mol. The second kappa shape index (κ2) is 8.24. The fourth-order valence-electron chi connectivity index (χ4n) is 2.66. The van der Waals surface area contributed by atoms with Crippen molar-refractivity contribution in [2.75, 3.05) is 18.5 Å². The first-order valence-corrected chi connectivity index (χ1v) is 8.06. The van der Waals surface area contributed by atoms with Crippen molar-refractivity contribution in [2.24, 2.45) is 5.73 Å². The second-order valence-electron chi connectivity index (χ2n) is 5.57. The van der Waals surface area contributed by atoms with E-state index in [1.165, 1.54) is 0 Å². The highest BCUT2D eigenvalue weighted by Crippen LogP contribution is 2.19. The zero-order chi connectivity index (χ0) is 15.1. The van der Waals surface area contributed by atoms with E-state index in [2.05, 4.69) is 34.3 Å². The van der Waals surface area contributed by atoms with Gasteiger partial charge in [-0.25, -0.2) is 4.98 Å². The van der Waals surface area contributed by atoms with Crippen LogP contribution in [0.4, 0.5) is 5.95 Å². The third kappa shape index (κ3) is 4.89. The molecule has 1 fully saturated rings. The van der Waals surface area contributed by atoms with Gasteiger partial charge in [-0.1, -0.05) is 13.8 Å². The smallest absolute Gasteiger partial charge is 0.243 e. The summed E-state index contributed by atoms with van der Waals surface area (Å²) in [6.45, 7) is 5.53. The Morgan fingerprint density at radius 1 is 1.10 bits per heavy atom. The number of rotatable bonds is 7. The molecule has 21 heavy (non-hydrogen) atoms. The minimum absolute atomic E-state index is 0.360. The highest BCUT2D eigenvalue weighted by molar-refractivity contribution is 5.25. The normalized spacial score (nSPS) is 22.2. The summed E-state index contributed by atoms with van der Waals surface area (Å²) < 4.78 is 5.86. The van der Waals surface area contributed by atoms with Gasteiger partial charge in [0.15, 0.2) is 0 Å². The zero-order valence-corrected chi connectivity index (χ0v) is 13.1. The van der Waals surface area contributed by atoms with Crippen molar-refractivity contribution in [3.63, 3.8) is 0 Å². The Kier molecular flexibility index (Phi) is 6.32. The first-order chi connectivity index (χ1) is 10.2. The molecule has 0 bridgehead atoms. The standard InChI is InChI=1S/C15H27N5O/c1-3-13-14(4-2)19-20-15(18-13)17-9-10-21-12-7-5-11(16)6-8-12/h11-12H,3-10,16H2,1-2H3,(H,17,18,20). The molecule has 0 aliphatic heterocycles. The highest BCUT2D eigenvalue weighted by Gasteiger charge is 2.18. The molecule has 1 aromatic rings. The highest BCUT2D eigenvalue weighted by atomic mass is 16.5. The van der Waals surface area contributed by atoms with Crippen molar-refractivity contribution < 1.29 is 4.74 Å². The number of nitrogens with zero attached hydrogens (tertiary/aromatic N) is 3. The summed E-state index contributed by atoms with van der Waals surface area (Å²) in [6.07, 6.45) is 6.41. The fraction of sp³-hybridized carbons (Fsp3) is 0.800. The van der Waals surface area contributed by atoms with E-state index in [9.17, 15) is 0 Å². The molecule has 1 heterocycles. The Balaban J connectivity index is 1.71. The molecule has 1 aliphatic carbocycles. The van der Waals surface area contributed by atoms with E-state index in [0.29, 0.717) is 31.2 Å². The van der Waals surface area contributed by atoms with Gasteiger partial charge in [0.2, 0.25) is 5.95 Å². The lowest BCUT2D eigenvalue weighted by Crippen LogP contribution is -2.31. The molecule has 2 rings (SSSR count). The van der Waals surface area contributed by atoms with Crippen molar-refractivity contribution in [3.8, 4) is 0 Å². The Bertz CT molecular complexity index is 432. The molecule has 1 aliphatic rings. The molecule has 0 amide bonds. The largest absolute Gasteiger partial charge is 0.376 e. The molecule has 0 saturated heterocycles. The summed E-state index contributed by atoms with van der Waals surface area (Å²) in [7, 11) is 0. The van der Waals surface area contributed by atoms with Crippen molar-refractivity contribution >= 4 is 5.95 Å². The Morgan fingerprint density at radius 3 is 2.48 bits per heavy atom. The van der Waals surface area contributed by atoms with E-state index in [-0.39, 0.29) is 0 Å². The van der Waals surface area contributed by atoms with Crippen LogP contribution in [0, 0.1) is 0 Å². The van der Waals surface area contributed by atoms with E-state index in [1.54, 1.807) is 0 Å². The van der Waals surface area contributed by atoms with Crippen molar-refractivity contribution in [3.05, 3.63) is 11.4 Å². The molecule has 118 valence electrons. The summed E-state index contributed by atoms with van der Waals surface area (Å²) in [5, 5.41) is 11.5. The van der Waals surface area contributed by atoms with E-state index in [4.69, 9.17) is 10.5 Å². The molecule has 3 N–H and O–H groups in total. The molecule has 6 heteroatoms. The summed E-state index contributed by atoms with van der Waals surface area (Å²) in [6, 6.07) is 0.368. The SMILES string of the molecule is CCc1nnc(NCCOC2CCC(N)CC2)nc1CC. The fourth-order valence-corrected chi connectivity index (χ4v) is 2.66. The second-order valence-corrected chi connectivity index (χ2v) is 5.57. The van der Waals surface area contributed by atoms with Crippen LogP contribution >= 0.6 is 0 Å². The molecule has 0 unspecified atom stereocenters. The van der Waals surface area contributed by atoms with Crippen LogP contribution in [0.2, 0.25) is 0 Å². The maximum atomic E-state index is 5.89. The van der Waals surface area contributed by atoms with Gasteiger partial charge in [0.05, 0.1) is 24.1 Å². The Hall–Kier alpha value is -1.27. The minimum Gasteiger partial charge on any atom is -0.376 e. The van der Waals surface area contributed by atoms with Gasteiger partial charge in [0.1, 0.15) is 0 Å². The number of nitrogens with one attached hydrogen (secondary N) is 1. The molecule has 1 saturated carbocycles. The quantitative estimate of drug-likeness (QED) is 0.744. The predicted molar refractivity (Wildman–Crippen MR) is 83.3 cm³/mol. The van der Waals surface area contributed by atoms with E-state index in [1.807, 2.05) is 0 Å². The van der Waals surface area contributed by atoms with Crippen molar-refractivity contribution in [1.82, 2.24) is 15.2 Å². The van der Waals surface area contributed by atoms with Gasteiger partial charge in [-0.2, -0.15) is 5.10 Å². The maximum Gasteiger partial charge on any atom is 0.243 e. The van der Waals surface area contributed by atoms with Crippen LogP contribution < -0.4 is 11.1 Å². The van der Waals surface area contributed by atoms with Gasteiger partial charge < -0.3 is 15.8 Å². The molecule has 1 aromatic heterocycles. The van der Waals surface area contributed by atoms with Crippen LogP contribution in [0.5, 0.6) is 0 Å². The van der Waals surface area contributed by atoms with Gasteiger partial charge in [-0.05, 0) is 38.5 Å². The lowest BCUT2D eigenvalue weighted by Gasteiger charge is -2.26. The van der Waals surface area contributed by atoms with Crippen LogP contribution in [0.1, 0.15) is 50.9 Å². The van der Waals surface area contributed by atoms with Crippen LogP contribution in [0.25, 0.3) is 0 Å².